The third kappa shape index (κ3) is 3.03. The van der Waals surface area contributed by atoms with Crippen LogP contribution >= 0.6 is 15.9 Å². The van der Waals surface area contributed by atoms with Crippen LogP contribution in [0.5, 0.6) is 0 Å². The van der Waals surface area contributed by atoms with Crippen LogP contribution in [0.25, 0.3) is 0 Å². The van der Waals surface area contributed by atoms with Gasteiger partial charge in [-0.1, -0.05) is 6.07 Å². The summed E-state index contributed by atoms with van der Waals surface area (Å²) in [6.45, 7) is 1.66. The standard InChI is InChI=1S/C12H15BrFNO/c13-11-5-8(1-2-12(11)14)6-15-7-9-3-10(16)4-9/h1-2,5,9-10,15-16H,3-4,6-7H2. The number of hydrogen-bond acceptors (Lipinski definition) is 2. The molecule has 16 heavy (non-hydrogen) atoms. The van der Waals surface area contributed by atoms with Crippen molar-refractivity contribution in [2.75, 3.05) is 6.54 Å². The van der Waals surface area contributed by atoms with E-state index < -0.39 is 0 Å². The van der Waals surface area contributed by atoms with E-state index in [0.717, 1.165) is 31.5 Å². The Morgan fingerprint density at radius 3 is 2.81 bits per heavy atom. The molecular weight excluding hydrogens is 273 g/mol. The van der Waals surface area contributed by atoms with Crippen molar-refractivity contribution in [1.29, 1.82) is 0 Å². The first kappa shape index (κ1) is 12.0. The van der Waals surface area contributed by atoms with Crippen LogP contribution in [-0.2, 0) is 6.54 Å². The highest BCUT2D eigenvalue weighted by Crippen LogP contribution is 2.26. The quantitative estimate of drug-likeness (QED) is 0.892. The molecular formula is C12H15BrFNO. The van der Waals surface area contributed by atoms with E-state index in [-0.39, 0.29) is 11.9 Å². The van der Waals surface area contributed by atoms with E-state index in [2.05, 4.69) is 21.2 Å². The topological polar surface area (TPSA) is 32.3 Å². The van der Waals surface area contributed by atoms with Crippen molar-refractivity contribution in [3.8, 4) is 0 Å². The zero-order valence-corrected chi connectivity index (χ0v) is 10.5. The number of halogens is 2. The lowest BCUT2D eigenvalue weighted by atomic mass is 9.82. The number of rotatable bonds is 4. The van der Waals surface area contributed by atoms with Crippen molar-refractivity contribution >= 4 is 15.9 Å². The molecule has 1 aliphatic rings. The molecule has 0 aromatic heterocycles. The molecule has 4 heteroatoms. The minimum absolute atomic E-state index is 0.0910. The van der Waals surface area contributed by atoms with Crippen molar-refractivity contribution in [3.63, 3.8) is 0 Å². The number of aliphatic hydroxyl groups excluding tert-OH is 1. The highest BCUT2D eigenvalue weighted by Gasteiger charge is 2.26. The molecule has 0 amide bonds. The van der Waals surface area contributed by atoms with Gasteiger partial charge in [0.2, 0.25) is 0 Å². The van der Waals surface area contributed by atoms with Crippen LogP contribution in [0.1, 0.15) is 18.4 Å². The van der Waals surface area contributed by atoms with Gasteiger partial charge in [0.15, 0.2) is 0 Å². The summed E-state index contributed by atoms with van der Waals surface area (Å²) in [5, 5.41) is 12.4. The first-order chi connectivity index (χ1) is 7.65. The summed E-state index contributed by atoms with van der Waals surface area (Å²) < 4.78 is 13.5. The van der Waals surface area contributed by atoms with E-state index in [4.69, 9.17) is 5.11 Å². The second-order valence-corrected chi connectivity index (χ2v) is 5.22. The van der Waals surface area contributed by atoms with Gasteiger partial charge in [0.05, 0.1) is 10.6 Å². The van der Waals surface area contributed by atoms with Crippen LogP contribution < -0.4 is 5.32 Å². The zero-order chi connectivity index (χ0) is 11.5. The van der Waals surface area contributed by atoms with Crippen molar-refractivity contribution in [3.05, 3.63) is 34.1 Å². The van der Waals surface area contributed by atoms with Gasteiger partial charge in [-0.15, -0.1) is 0 Å². The maximum atomic E-state index is 13.0. The Labute approximate surface area is 103 Å². The molecule has 0 spiro atoms. The predicted octanol–water partition coefficient (Wildman–Crippen LogP) is 2.45. The van der Waals surface area contributed by atoms with Gasteiger partial charge in [0.1, 0.15) is 5.82 Å². The molecule has 0 radical (unpaired) electrons. The molecule has 88 valence electrons. The Balaban J connectivity index is 1.74. The average molecular weight is 288 g/mol. The molecule has 1 fully saturated rings. The lowest BCUT2D eigenvalue weighted by Gasteiger charge is -2.31. The summed E-state index contributed by atoms with van der Waals surface area (Å²) in [6.07, 6.45) is 1.71. The SMILES string of the molecule is OC1CC(CNCc2ccc(F)c(Br)c2)C1. The number of nitrogens with one attached hydrogen (secondary N) is 1. The van der Waals surface area contributed by atoms with Crippen LogP contribution in [0, 0.1) is 11.7 Å². The van der Waals surface area contributed by atoms with E-state index in [0.29, 0.717) is 10.4 Å². The van der Waals surface area contributed by atoms with Crippen LogP contribution in [-0.4, -0.2) is 17.8 Å². The number of aliphatic hydroxyl groups is 1. The van der Waals surface area contributed by atoms with E-state index >= 15 is 0 Å². The van der Waals surface area contributed by atoms with Crippen molar-refractivity contribution < 1.29 is 9.50 Å². The second kappa shape index (κ2) is 5.25. The normalized spacial score (nSPS) is 24.2. The fraction of sp³-hybridized carbons (Fsp3) is 0.500. The third-order valence-corrected chi connectivity index (χ3v) is 3.56. The highest BCUT2D eigenvalue weighted by molar-refractivity contribution is 9.10. The van der Waals surface area contributed by atoms with E-state index in [1.807, 2.05) is 0 Å². The molecule has 2 rings (SSSR count). The maximum absolute atomic E-state index is 13.0. The minimum atomic E-state index is -0.231. The molecule has 1 aliphatic carbocycles. The van der Waals surface area contributed by atoms with Gasteiger partial charge in [-0.2, -0.15) is 0 Å². The molecule has 1 saturated carbocycles. The Bertz CT molecular complexity index is 366. The molecule has 0 bridgehead atoms. The van der Waals surface area contributed by atoms with Gasteiger partial charge >= 0.3 is 0 Å². The van der Waals surface area contributed by atoms with Gasteiger partial charge in [-0.05, 0) is 58.9 Å². The summed E-state index contributed by atoms with van der Waals surface area (Å²) in [7, 11) is 0. The minimum Gasteiger partial charge on any atom is -0.393 e. The maximum Gasteiger partial charge on any atom is 0.137 e. The monoisotopic (exact) mass is 287 g/mol. The number of hydrogen-bond donors (Lipinski definition) is 2. The molecule has 0 atom stereocenters. The van der Waals surface area contributed by atoms with Crippen molar-refractivity contribution in [1.82, 2.24) is 5.32 Å². The summed E-state index contributed by atoms with van der Waals surface area (Å²) in [5.41, 5.74) is 1.06. The van der Waals surface area contributed by atoms with Crippen molar-refractivity contribution in [2.24, 2.45) is 5.92 Å². The molecule has 2 nitrogen and oxygen atoms in total. The second-order valence-electron chi connectivity index (χ2n) is 4.37. The predicted molar refractivity (Wildman–Crippen MR) is 64.5 cm³/mol. The smallest absolute Gasteiger partial charge is 0.137 e. The fourth-order valence-electron chi connectivity index (χ4n) is 1.94. The summed E-state index contributed by atoms with van der Waals surface area (Å²) in [4.78, 5) is 0. The summed E-state index contributed by atoms with van der Waals surface area (Å²) in [5.74, 6) is 0.366. The van der Waals surface area contributed by atoms with Crippen LogP contribution in [0.2, 0.25) is 0 Å². The highest BCUT2D eigenvalue weighted by atomic mass is 79.9. The Kier molecular flexibility index (Phi) is 3.95. The Morgan fingerprint density at radius 2 is 2.19 bits per heavy atom. The van der Waals surface area contributed by atoms with E-state index in [9.17, 15) is 4.39 Å². The Hall–Kier alpha value is -0.450. The lowest BCUT2D eigenvalue weighted by molar-refractivity contribution is 0.0430. The first-order valence-corrected chi connectivity index (χ1v) is 6.27. The zero-order valence-electron chi connectivity index (χ0n) is 8.92. The van der Waals surface area contributed by atoms with Gasteiger partial charge < -0.3 is 10.4 Å². The largest absolute Gasteiger partial charge is 0.393 e. The molecule has 0 aliphatic heterocycles. The van der Waals surface area contributed by atoms with Gasteiger partial charge in [0.25, 0.3) is 0 Å². The van der Waals surface area contributed by atoms with Crippen LogP contribution in [0.4, 0.5) is 4.39 Å². The van der Waals surface area contributed by atoms with Gasteiger partial charge in [0, 0.05) is 6.54 Å². The van der Waals surface area contributed by atoms with E-state index in [1.54, 1.807) is 12.1 Å². The fourth-order valence-corrected chi connectivity index (χ4v) is 2.36. The Morgan fingerprint density at radius 1 is 1.44 bits per heavy atom. The summed E-state index contributed by atoms with van der Waals surface area (Å²) >= 11 is 3.16. The van der Waals surface area contributed by atoms with Crippen LogP contribution in [0.15, 0.2) is 22.7 Å². The van der Waals surface area contributed by atoms with Gasteiger partial charge in [-0.25, -0.2) is 4.39 Å². The molecule has 0 saturated heterocycles. The average Bonchev–Trinajstić information content (AvgIpc) is 2.21. The summed E-state index contributed by atoms with van der Waals surface area (Å²) in [6, 6.07) is 5.04. The molecule has 2 N–H and O–H groups in total. The van der Waals surface area contributed by atoms with Crippen molar-refractivity contribution in [2.45, 2.75) is 25.5 Å². The molecule has 1 aromatic carbocycles. The molecule has 0 unspecified atom stereocenters. The van der Waals surface area contributed by atoms with Gasteiger partial charge in [-0.3, -0.25) is 0 Å². The molecule has 0 heterocycles. The van der Waals surface area contributed by atoms with E-state index in [1.165, 1.54) is 6.07 Å². The number of benzene rings is 1. The molecule has 1 aromatic rings. The first-order valence-electron chi connectivity index (χ1n) is 5.48. The van der Waals surface area contributed by atoms with Crippen LogP contribution in [0.3, 0.4) is 0 Å². The lowest BCUT2D eigenvalue weighted by Crippen LogP contribution is -2.35. The third-order valence-electron chi connectivity index (χ3n) is 2.96.